The van der Waals surface area contributed by atoms with Crippen molar-refractivity contribution in [3.05, 3.63) is 81.9 Å². The van der Waals surface area contributed by atoms with Gasteiger partial charge in [0.15, 0.2) is 29.1 Å². The number of ether oxygens (including phenoxy) is 1. The Bertz CT molecular complexity index is 1760. The molecule has 0 saturated heterocycles. The standard InChI is InChI=1S/C31H31F9N6O4/c1-30(2,3)50-29(49)42-17(6-15-8-21(34)23(36)12-19(15)32)10-26(47)41-18(7-16-9-22(35)24(37)13-20(16)33)11-27(48)45-4-5-46-25(14-45)43-44-28(46)31(38,39)40/h8-9,12-13,17-18H,4-7,10-11,14H2,1-3H3,(H,41,47)(H,42,49)/t17-,18-/m1/s1. The first kappa shape index (κ1) is 38.0. The molecule has 2 heterocycles. The highest BCUT2D eigenvalue weighted by molar-refractivity contribution is 5.81. The van der Waals surface area contributed by atoms with Crippen LogP contribution in [0.1, 0.15) is 56.4 Å². The SMILES string of the molecule is CC(C)(C)OC(=O)N[C@@H](CC(=O)N[C@@H](CC(=O)N1CCn2c(nnc2C(F)(F)F)C1)Cc1cc(F)c(F)cc1F)Cc1cc(F)c(F)cc1F. The summed E-state index contributed by atoms with van der Waals surface area (Å²) in [7, 11) is 0. The Kier molecular flexibility index (Phi) is 11.4. The lowest BCUT2D eigenvalue weighted by molar-refractivity contribution is -0.148. The van der Waals surface area contributed by atoms with Gasteiger partial charge in [0.25, 0.3) is 0 Å². The van der Waals surface area contributed by atoms with Crippen LogP contribution in [0, 0.1) is 34.9 Å². The van der Waals surface area contributed by atoms with Crippen LogP contribution in [0.15, 0.2) is 24.3 Å². The topological polar surface area (TPSA) is 118 Å². The normalized spacial score (nSPS) is 14.5. The quantitative estimate of drug-likeness (QED) is 0.222. The van der Waals surface area contributed by atoms with E-state index in [4.69, 9.17) is 4.74 Å². The van der Waals surface area contributed by atoms with Gasteiger partial charge in [-0.3, -0.25) is 9.59 Å². The van der Waals surface area contributed by atoms with Crippen LogP contribution < -0.4 is 10.6 Å². The number of benzene rings is 2. The molecule has 4 rings (SSSR count). The first-order chi connectivity index (χ1) is 23.2. The summed E-state index contributed by atoms with van der Waals surface area (Å²) in [6.07, 6.45) is -8.28. The van der Waals surface area contributed by atoms with Crippen molar-refractivity contribution >= 4 is 17.9 Å². The summed E-state index contributed by atoms with van der Waals surface area (Å²) in [5, 5.41) is 11.4. The molecule has 19 heteroatoms. The fourth-order valence-corrected chi connectivity index (χ4v) is 5.22. The maximum atomic E-state index is 14.6. The predicted molar refractivity (Wildman–Crippen MR) is 155 cm³/mol. The van der Waals surface area contributed by atoms with Crippen LogP contribution in [0.2, 0.25) is 0 Å². The second-order valence-electron chi connectivity index (χ2n) is 12.5. The average Bonchev–Trinajstić information content (AvgIpc) is 3.42. The number of alkyl halides is 3. The van der Waals surface area contributed by atoms with Crippen molar-refractivity contribution in [1.82, 2.24) is 30.3 Å². The van der Waals surface area contributed by atoms with Crippen molar-refractivity contribution < 1.29 is 58.6 Å². The molecule has 2 aromatic carbocycles. The van der Waals surface area contributed by atoms with E-state index in [0.29, 0.717) is 12.1 Å². The second-order valence-corrected chi connectivity index (χ2v) is 12.5. The lowest BCUT2D eigenvalue weighted by Gasteiger charge is -2.30. The van der Waals surface area contributed by atoms with E-state index in [1.54, 1.807) is 0 Å². The van der Waals surface area contributed by atoms with E-state index >= 15 is 0 Å². The number of hydrogen-bond donors (Lipinski definition) is 2. The van der Waals surface area contributed by atoms with Gasteiger partial charge in [0.1, 0.15) is 17.2 Å². The Labute approximate surface area is 279 Å². The lowest BCUT2D eigenvalue weighted by Crippen LogP contribution is -2.47. The third kappa shape index (κ3) is 9.87. The molecule has 2 N–H and O–H groups in total. The average molecular weight is 723 g/mol. The molecule has 0 bridgehead atoms. The van der Waals surface area contributed by atoms with Crippen molar-refractivity contribution in [1.29, 1.82) is 0 Å². The van der Waals surface area contributed by atoms with Crippen molar-refractivity contribution in [2.45, 2.75) is 83.4 Å². The third-order valence-electron chi connectivity index (χ3n) is 7.41. The molecule has 0 radical (unpaired) electrons. The molecule has 0 saturated carbocycles. The van der Waals surface area contributed by atoms with Gasteiger partial charge in [-0.2, -0.15) is 13.2 Å². The Morgan fingerprint density at radius 1 is 0.760 bits per heavy atom. The molecule has 1 aliphatic heterocycles. The van der Waals surface area contributed by atoms with Gasteiger partial charge in [0, 0.05) is 50.1 Å². The van der Waals surface area contributed by atoms with Gasteiger partial charge in [-0.1, -0.05) is 0 Å². The molecule has 1 aliphatic rings. The summed E-state index contributed by atoms with van der Waals surface area (Å²) < 4.78 is 130. The van der Waals surface area contributed by atoms with Crippen molar-refractivity contribution in [2.24, 2.45) is 0 Å². The summed E-state index contributed by atoms with van der Waals surface area (Å²) in [5.74, 6) is -11.3. The van der Waals surface area contributed by atoms with Gasteiger partial charge in [-0.15, -0.1) is 10.2 Å². The molecule has 3 amide bonds. The molecule has 0 unspecified atom stereocenters. The number of amides is 3. The summed E-state index contributed by atoms with van der Waals surface area (Å²) in [4.78, 5) is 40.3. The molecule has 1 aromatic heterocycles. The molecule has 0 aliphatic carbocycles. The minimum Gasteiger partial charge on any atom is -0.444 e. The van der Waals surface area contributed by atoms with E-state index in [9.17, 15) is 53.9 Å². The summed E-state index contributed by atoms with van der Waals surface area (Å²) in [5.41, 5.74) is -1.87. The zero-order chi connectivity index (χ0) is 37.1. The highest BCUT2D eigenvalue weighted by atomic mass is 19.4. The van der Waals surface area contributed by atoms with Gasteiger partial charge < -0.3 is 24.8 Å². The first-order valence-corrected chi connectivity index (χ1v) is 15.0. The monoisotopic (exact) mass is 722 g/mol. The van der Waals surface area contributed by atoms with Gasteiger partial charge >= 0.3 is 12.3 Å². The largest absolute Gasteiger partial charge is 0.451 e. The van der Waals surface area contributed by atoms with E-state index in [-0.39, 0.29) is 31.0 Å². The Morgan fingerprint density at radius 3 is 1.80 bits per heavy atom. The number of rotatable bonds is 10. The lowest BCUT2D eigenvalue weighted by atomic mass is 9.99. The fourth-order valence-electron chi connectivity index (χ4n) is 5.22. The molecule has 10 nitrogen and oxygen atoms in total. The van der Waals surface area contributed by atoms with E-state index in [1.165, 1.54) is 20.8 Å². The number of carbonyl (C=O) groups is 3. The number of hydrogen-bond acceptors (Lipinski definition) is 6. The van der Waals surface area contributed by atoms with Crippen molar-refractivity contribution in [3.63, 3.8) is 0 Å². The van der Waals surface area contributed by atoms with E-state index < -0.39 is 126 Å². The van der Waals surface area contributed by atoms with Gasteiger partial charge in [-0.05, 0) is 56.9 Å². The molecule has 3 aromatic rings. The van der Waals surface area contributed by atoms with Crippen LogP contribution in [0.5, 0.6) is 0 Å². The van der Waals surface area contributed by atoms with Gasteiger partial charge in [0.2, 0.25) is 17.6 Å². The minimum absolute atomic E-state index is 0.176. The molecule has 50 heavy (non-hydrogen) atoms. The number of nitrogens with zero attached hydrogens (tertiary/aromatic N) is 4. The molecule has 0 spiro atoms. The van der Waals surface area contributed by atoms with Crippen molar-refractivity contribution in [3.8, 4) is 0 Å². The number of nitrogens with one attached hydrogen (secondary N) is 2. The first-order valence-electron chi connectivity index (χ1n) is 15.0. The number of alkyl carbamates (subject to hydrolysis) is 1. The van der Waals surface area contributed by atoms with Crippen LogP contribution >= 0.6 is 0 Å². The smallest absolute Gasteiger partial charge is 0.444 e. The molecular weight excluding hydrogens is 691 g/mol. The van der Waals surface area contributed by atoms with Gasteiger partial charge in [-0.25, -0.2) is 31.1 Å². The molecule has 2 atom stereocenters. The van der Waals surface area contributed by atoms with E-state index in [2.05, 4.69) is 20.8 Å². The van der Waals surface area contributed by atoms with E-state index in [1.807, 2.05) is 0 Å². The van der Waals surface area contributed by atoms with Gasteiger partial charge in [0.05, 0.1) is 6.54 Å². The minimum atomic E-state index is -4.80. The zero-order valence-corrected chi connectivity index (χ0v) is 26.7. The summed E-state index contributed by atoms with van der Waals surface area (Å²) >= 11 is 0. The number of carbonyl (C=O) groups excluding carboxylic acids is 3. The highest BCUT2D eigenvalue weighted by Crippen LogP contribution is 2.30. The fraction of sp³-hybridized carbons (Fsp3) is 0.452. The number of aromatic nitrogens is 3. The summed E-state index contributed by atoms with van der Waals surface area (Å²) in [6, 6.07) is -1.07. The Balaban J connectivity index is 1.55. The van der Waals surface area contributed by atoms with Crippen LogP contribution in [0.25, 0.3) is 0 Å². The van der Waals surface area contributed by atoms with Crippen molar-refractivity contribution in [2.75, 3.05) is 6.54 Å². The van der Waals surface area contributed by atoms with Crippen LogP contribution in [-0.4, -0.2) is 61.8 Å². The molecular formula is C31H31F9N6O4. The maximum absolute atomic E-state index is 14.6. The summed E-state index contributed by atoms with van der Waals surface area (Å²) in [6.45, 7) is 3.65. The predicted octanol–water partition coefficient (Wildman–Crippen LogP) is 5.12. The van der Waals surface area contributed by atoms with Crippen LogP contribution in [0.4, 0.5) is 44.3 Å². The number of halogens is 9. The highest BCUT2D eigenvalue weighted by Gasteiger charge is 2.40. The Morgan fingerprint density at radius 2 is 1.28 bits per heavy atom. The third-order valence-corrected chi connectivity index (χ3v) is 7.41. The van der Waals surface area contributed by atoms with E-state index in [0.717, 1.165) is 9.47 Å². The second kappa shape index (κ2) is 15.0. The number of fused-ring (bicyclic) bond motifs is 1. The maximum Gasteiger partial charge on any atom is 0.451 e. The Hall–Kier alpha value is -4.84. The van der Waals surface area contributed by atoms with Crippen LogP contribution in [0.3, 0.4) is 0 Å². The molecule has 272 valence electrons. The van der Waals surface area contributed by atoms with Crippen LogP contribution in [-0.2, 0) is 46.4 Å². The zero-order valence-electron chi connectivity index (χ0n) is 26.7. The molecule has 0 fully saturated rings.